The molecule has 0 aliphatic heterocycles. The minimum Gasteiger partial charge on any atom is -0.365 e. The van der Waals surface area contributed by atoms with Crippen LogP contribution in [0.15, 0.2) is 66.7 Å². The van der Waals surface area contributed by atoms with Crippen molar-refractivity contribution in [2.75, 3.05) is 16.8 Å². The Morgan fingerprint density at radius 3 is 2.08 bits per heavy atom. The molecule has 4 nitrogen and oxygen atoms in total. The van der Waals surface area contributed by atoms with Crippen molar-refractivity contribution in [1.29, 1.82) is 0 Å². The summed E-state index contributed by atoms with van der Waals surface area (Å²) >= 11 is 0. The lowest BCUT2D eigenvalue weighted by Gasteiger charge is -2.25. The Bertz CT molecular complexity index is 839. The van der Waals surface area contributed by atoms with Gasteiger partial charge in [0.2, 0.25) is 5.95 Å². The molecule has 3 rings (SSSR count). The molecule has 2 aromatic carbocycles. The van der Waals surface area contributed by atoms with Crippen LogP contribution in [0.4, 0.5) is 17.5 Å². The minimum absolute atomic E-state index is 0.0800. The zero-order valence-electron chi connectivity index (χ0n) is 15.9. The Hall–Kier alpha value is -2.88. The van der Waals surface area contributed by atoms with E-state index in [0.717, 1.165) is 29.3 Å². The first-order valence-corrected chi connectivity index (χ1v) is 9.01. The first-order valence-electron chi connectivity index (χ1n) is 9.01. The molecule has 4 heteroatoms. The molecular weight excluding hydrogens is 320 g/mol. The molecule has 0 atom stereocenters. The fourth-order valence-corrected chi connectivity index (χ4v) is 2.81. The maximum atomic E-state index is 4.86. The molecule has 0 radical (unpaired) electrons. The lowest BCUT2D eigenvalue weighted by molar-refractivity contribution is 0.630. The van der Waals surface area contributed by atoms with Crippen molar-refractivity contribution in [3.63, 3.8) is 0 Å². The van der Waals surface area contributed by atoms with E-state index < -0.39 is 0 Å². The Morgan fingerprint density at radius 2 is 1.50 bits per heavy atom. The molecule has 0 saturated carbocycles. The molecule has 3 aromatic rings. The summed E-state index contributed by atoms with van der Waals surface area (Å²) in [5.41, 5.74) is 3.00. The van der Waals surface area contributed by atoms with Gasteiger partial charge in [0, 0.05) is 29.4 Å². The predicted octanol–water partition coefficient (Wildman–Crippen LogP) is 5.51. The van der Waals surface area contributed by atoms with Crippen LogP contribution in [0.1, 0.15) is 27.7 Å². The van der Waals surface area contributed by atoms with Crippen molar-refractivity contribution < 1.29 is 0 Å². The highest BCUT2D eigenvalue weighted by Gasteiger charge is 2.17. The van der Waals surface area contributed by atoms with E-state index in [9.17, 15) is 0 Å². The lowest BCUT2D eigenvalue weighted by atomic mass is 10.1. The molecule has 1 N–H and O–H groups in total. The highest BCUT2D eigenvalue weighted by atomic mass is 15.3. The van der Waals surface area contributed by atoms with Gasteiger partial charge in [-0.2, -0.15) is 4.98 Å². The van der Waals surface area contributed by atoms with Crippen molar-refractivity contribution >= 4 is 17.5 Å². The molecule has 134 valence electrons. The molecule has 26 heavy (non-hydrogen) atoms. The van der Waals surface area contributed by atoms with Crippen LogP contribution in [0.3, 0.4) is 0 Å². The van der Waals surface area contributed by atoms with E-state index in [4.69, 9.17) is 9.97 Å². The second-order valence-electron chi connectivity index (χ2n) is 7.26. The molecule has 1 aromatic heterocycles. The third kappa shape index (κ3) is 4.39. The van der Waals surface area contributed by atoms with Crippen LogP contribution in [-0.2, 0) is 0 Å². The Balaban J connectivity index is 2.10. The van der Waals surface area contributed by atoms with Crippen LogP contribution in [0.25, 0.3) is 11.3 Å². The fourth-order valence-electron chi connectivity index (χ4n) is 2.81. The van der Waals surface area contributed by atoms with Crippen LogP contribution in [-0.4, -0.2) is 22.1 Å². The third-order valence-corrected chi connectivity index (χ3v) is 3.91. The summed E-state index contributed by atoms with van der Waals surface area (Å²) in [5.74, 6) is 1.53. The maximum absolute atomic E-state index is 4.86. The number of nitrogens with zero attached hydrogens (tertiary/aromatic N) is 3. The summed E-state index contributed by atoms with van der Waals surface area (Å²) in [6.07, 6.45) is 0. The number of aromatic nitrogens is 2. The van der Waals surface area contributed by atoms with Gasteiger partial charge in [-0.05, 0) is 39.8 Å². The first-order chi connectivity index (χ1) is 12.5. The number of para-hydroxylation sites is 1. The van der Waals surface area contributed by atoms with Gasteiger partial charge in [-0.15, -0.1) is 0 Å². The summed E-state index contributed by atoms with van der Waals surface area (Å²) in [4.78, 5) is 11.8. The molecule has 0 fully saturated rings. The largest absolute Gasteiger partial charge is 0.365 e. The van der Waals surface area contributed by atoms with Crippen LogP contribution in [0.2, 0.25) is 0 Å². The van der Waals surface area contributed by atoms with Gasteiger partial charge in [0.1, 0.15) is 5.82 Å². The van der Waals surface area contributed by atoms with Gasteiger partial charge < -0.3 is 10.2 Å². The van der Waals surface area contributed by atoms with E-state index >= 15 is 0 Å². The Morgan fingerprint density at radius 1 is 0.885 bits per heavy atom. The average Bonchev–Trinajstić information content (AvgIpc) is 2.62. The smallest absolute Gasteiger partial charge is 0.232 e. The van der Waals surface area contributed by atoms with E-state index in [-0.39, 0.29) is 5.54 Å². The zero-order valence-corrected chi connectivity index (χ0v) is 15.9. The molecular formula is C22H26N4. The normalized spacial score (nSPS) is 11.2. The monoisotopic (exact) mass is 346 g/mol. The van der Waals surface area contributed by atoms with Crippen molar-refractivity contribution in [1.82, 2.24) is 9.97 Å². The quantitative estimate of drug-likeness (QED) is 0.661. The summed E-state index contributed by atoms with van der Waals surface area (Å²) in [6.45, 7) is 9.29. The van der Waals surface area contributed by atoms with Crippen molar-refractivity contribution in [2.24, 2.45) is 0 Å². The number of nitrogens with one attached hydrogen (secondary N) is 1. The molecule has 0 aliphatic carbocycles. The van der Waals surface area contributed by atoms with Crippen molar-refractivity contribution in [3.05, 3.63) is 66.7 Å². The number of benzene rings is 2. The average molecular weight is 346 g/mol. The first kappa shape index (κ1) is 17.9. The predicted molar refractivity (Wildman–Crippen MR) is 110 cm³/mol. The standard InChI is InChI=1S/C22H26N4/c1-5-26(18-14-10-7-11-15-18)21-23-19(17-12-8-6-9-13-17)16-20(24-21)25-22(2,3)4/h6-16H,5H2,1-4H3,(H,23,24,25). The van der Waals surface area contributed by atoms with Crippen LogP contribution in [0, 0.1) is 0 Å². The Kier molecular flexibility index (Phi) is 5.21. The van der Waals surface area contributed by atoms with Gasteiger partial charge in [-0.25, -0.2) is 4.98 Å². The Labute approximate surface area is 155 Å². The van der Waals surface area contributed by atoms with Gasteiger partial charge in [-0.3, -0.25) is 0 Å². The van der Waals surface area contributed by atoms with E-state index in [0.29, 0.717) is 5.95 Å². The number of rotatable bonds is 5. The SMILES string of the molecule is CCN(c1ccccc1)c1nc(NC(C)(C)C)cc(-c2ccccc2)n1. The van der Waals surface area contributed by atoms with Gasteiger partial charge in [0.15, 0.2) is 0 Å². The van der Waals surface area contributed by atoms with Crippen LogP contribution in [0.5, 0.6) is 0 Å². The van der Waals surface area contributed by atoms with E-state index in [2.05, 4.69) is 62.2 Å². The summed E-state index contributed by atoms with van der Waals surface area (Å²) in [6, 6.07) is 22.5. The number of anilines is 3. The minimum atomic E-state index is -0.0800. The molecule has 0 amide bonds. The summed E-state index contributed by atoms with van der Waals surface area (Å²) in [5, 5.41) is 3.48. The van der Waals surface area contributed by atoms with E-state index in [1.165, 1.54) is 0 Å². The van der Waals surface area contributed by atoms with Gasteiger partial charge in [0.05, 0.1) is 5.69 Å². The molecule has 0 saturated heterocycles. The highest BCUT2D eigenvalue weighted by molar-refractivity contribution is 5.67. The topological polar surface area (TPSA) is 41.1 Å². The van der Waals surface area contributed by atoms with Crippen LogP contribution >= 0.6 is 0 Å². The summed E-state index contributed by atoms with van der Waals surface area (Å²) < 4.78 is 0. The zero-order chi connectivity index (χ0) is 18.6. The van der Waals surface area contributed by atoms with Gasteiger partial charge >= 0.3 is 0 Å². The van der Waals surface area contributed by atoms with Crippen molar-refractivity contribution in [3.8, 4) is 11.3 Å². The molecule has 0 aliphatic rings. The molecule has 0 spiro atoms. The maximum Gasteiger partial charge on any atom is 0.232 e. The number of hydrogen-bond acceptors (Lipinski definition) is 4. The molecule has 0 unspecified atom stereocenters. The number of hydrogen-bond donors (Lipinski definition) is 1. The van der Waals surface area contributed by atoms with E-state index in [1.54, 1.807) is 0 Å². The summed E-state index contributed by atoms with van der Waals surface area (Å²) in [7, 11) is 0. The van der Waals surface area contributed by atoms with Crippen LogP contribution < -0.4 is 10.2 Å². The highest BCUT2D eigenvalue weighted by Crippen LogP contribution is 2.28. The van der Waals surface area contributed by atoms with Crippen molar-refractivity contribution in [2.45, 2.75) is 33.2 Å². The van der Waals surface area contributed by atoms with Gasteiger partial charge in [-0.1, -0.05) is 48.5 Å². The second kappa shape index (κ2) is 7.56. The van der Waals surface area contributed by atoms with E-state index in [1.807, 2.05) is 42.5 Å². The fraction of sp³-hybridized carbons (Fsp3) is 0.273. The lowest BCUT2D eigenvalue weighted by Crippen LogP contribution is -2.27. The third-order valence-electron chi connectivity index (χ3n) is 3.91. The van der Waals surface area contributed by atoms with Gasteiger partial charge in [0.25, 0.3) is 0 Å². The molecule has 1 heterocycles. The second-order valence-corrected chi connectivity index (χ2v) is 7.26. The molecule has 0 bridgehead atoms.